The summed E-state index contributed by atoms with van der Waals surface area (Å²) in [5.41, 5.74) is 4.05. The zero-order chi connectivity index (χ0) is 11.6. The summed E-state index contributed by atoms with van der Waals surface area (Å²) in [6, 6.07) is 9.88. The van der Waals surface area contributed by atoms with Gasteiger partial charge in [-0.25, -0.2) is 0 Å². The SMILES string of the molecule is CCCC(=O)OCC=C=Cc1ccccc1. The van der Waals surface area contributed by atoms with Gasteiger partial charge in [-0.15, -0.1) is 5.73 Å². The molecule has 0 spiro atoms. The van der Waals surface area contributed by atoms with Gasteiger partial charge in [-0.3, -0.25) is 4.79 Å². The van der Waals surface area contributed by atoms with Crippen molar-refractivity contribution in [3.05, 3.63) is 47.7 Å². The summed E-state index contributed by atoms with van der Waals surface area (Å²) < 4.78 is 4.94. The van der Waals surface area contributed by atoms with Crippen molar-refractivity contribution in [2.75, 3.05) is 6.61 Å². The van der Waals surface area contributed by atoms with Gasteiger partial charge in [0.1, 0.15) is 6.61 Å². The van der Waals surface area contributed by atoms with Crippen LogP contribution in [-0.4, -0.2) is 12.6 Å². The number of hydrogen-bond acceptors (Lipinski definition) is 2. The number of rotatable bonds is 5. The fraction of sp³-hybridized carbons (Fsp3) is 0.286. The van der Waals surface area contributed by atoms with E-state index >= 15 is 0 Å². The van der Waals surface area contributed by atoms with Gasteiger partial charge in [0.15, 0.2) is 0 Å². The zero-order valence-corrected chi connectivity index (χ0v) is 9.48. The van der Waals surface area contributed by atoms with Gasteiger partial charge in [-0.05, 0) is 24.1 Å². The van der Waals surface area contributed by atoms with Crippen molar-refractivity contribution in [3.8, 4) is 0 Å². The number of ether oxygens (including phenoxy) is 1. The van der Waals surface area contributed by atoms with Crippen molar-refractivity contribution in [1.82, 2.24) is 0 Å². The smallest absolute Gasteiger partial charge is 0.306 e. The van der Waals surface area contributed by atoms with Crippen LogP contribution in [0.4, 0.5) is 0 Å². The Bertz CT molecular complexity index is 373. The summed E-state index contributed by atoms with van der Waals surface area (Å²) in [7, 11) is 0. The van der Waals surface area contributed by atoms with E-state index in [0.29, 0.717) is 13.0 Å². The molecule has 0 amide bonds. The lowest BCUT2D eigenvalue weighted by Crippen LogP contribution is -2.02. The van der Waals surface area contributed by atoms with Crippen LogP contribution in [0.2, 0.25) is 0 Å². The second-order valence-corrected chi connectivity index (χ2v) is 3.36. The van der Waals surface area contributed by atoms with Crippen LogP contribution in [0.5, 0.6) is 0 Å². The molecule has 0 aliphatic heterocycles. The minimum atomic E-state index is -0.153. The molecule has 0 N–H and O–H groups in total. The topological polar surface area (TPSA) is 26.3 Å². The second kappa shape index (κ2) is 7.49. The quantitative estimate of drug-likeness (QED) is 0.558. The van der Waals surface area contributed by atoms with Crippen molar-refractivity contribution in [2.24, 2.45) is 0 Å². The summed E-state index contributed by atoms with van der Waals surface area (Å²) >= 11 is 0. The molecular weight excluding hydrogens is 200 g/mol. The Morgan fingerprint density at radius 1 is 1.38 bits per heavy atom. The fourth-order valence-corrected chi connectivity index (χ4v) is 1.16. The minimum Gasteiger partial charge on any atom is -0.461 e. The van der Waals surface area contributed by atoms with Crippen LogP contribution in [0.3, 0.4) is 0 Å². The first-order valence-corrected chi connectivity index (χ1v) is 5.44. The van der Waals surface area contributed by atoms with Crippen LogP contribution in [0, 0.1) is 0 Å². The van der Waals surface area contributed by atoms with E-state index in [1.54, 1.807) is 6.08 Å². The molecule has 0 heterocycles. The van der Waals surface area contributed by atoms with Gasteiger partial charge in [0.25, 0.3) is 0 Å². The Labute approximate surface area is 96.2 Å². The third-order valence-electron chi connectivity index (χ3n) is 1.95. The molecule has 2 nitrogen and oxygen atoms in total. The molecule has 0 radical (unpaired) electrons. The highest BCUT2D eigenvalue weighted by molar-refractivity contribution is 5.69. The second-order valence-electron chi connectivity index (χ2n) is 3.36. The molecule has 0 unspecified atom stereocenters. The Kier molecular flexibility index (Phi) is 5.75. The minimum absolute atomic E-state index is 0.153. The molecule has 0 fully saturated rings. The van der Waals surface area contributed by atoms with Crippen LogP contribution in [0.25, 0.3) is 6.08 Å². The standard InChI is InChI=1S/C14H16O2/c1-2-8-14(15)16-12-7-6-11-13-9-4-3-5-10-13/h3-5,7,9-11H,2,8,12H2,1H3. The average molecular weight is 216 g/mol. The monoisotopic (exact) mass is 216 g/mol. The molecule has 0 aromatic heterocycles. The van der Waals surface area contributed by atoms with E-state index < -0.39 is 0 Å². The predicted molar refractivity (Wildman–Crippen MR) is 64.9 cm³/mol. The van der Waals surface area contributed by atoms with Crippen molar-refractivity contribution in [2.45, 2.75) is 19.8 Å². The first kappa shape index (κ1) is 12.3. The molecule has 0 atom stereocenters. The normalized spacial score (nSPS) is 9.06. The average Bonchev–Trinajstić information content (AvgIpc) is 2.30. The van der Waals surface area contributed by atoms with E-state index in [0.717, 1.165) is 12.0 Å². The third-order valence-corrected chi connectivity index (χ3v) is 1.95. The molecule has 1 aromatic rings. The van der Waals surface area contributed by atoms with E-state index in [1.165, 1.54) is 0 Å². The third kappa shape index (κ3) is 5.18. The molecule has 1 rings (SSSR count). The number of carbonyl (C=O) groups is 1. The molecule has 0 aliphatic carbocycles. The number of carbonyl (C=O) groups excluding carboxylic acids is 1. The summed E-state index contributed by atoms with van der Waals surface area (Å²) in [5, 5.41) is 0. The van der Waals surface area contributed by atoms with Crippen LogP contribution >= 0.6 is 0 Å². The van der Waals surface area contributed by atoms with Gasteiger partial charge in [-0.2, -0.15) is 0 Å². The maximum Gasteiger partial charge on any atom is 0.306 e. The predicted octanol–water partition coefficient (Wildman–Crippen LogP) is 3.20. The van der Waals surface area contributed by atoms with Gasteiger partial charge in [-0.1, -0.05) is 37.3 Å². The Hall–Kier alpha value is -1.79. The van der Waals surface area contributed by atoms with Gasteiger partial charge in [0.2, 0.25) is 0 Å². The summed E-state index contributed by atoms with van der Waals surface area (Å²) in [6.45, 7) is 2.24. The van der Waals surface area contributed by atoms with Crippen molar-refractivity contribution in [3.63, 3.8) is 0 Å². The number of benzene rings is 1. The van der Waals surface area contributed by atoms with E-state index in [2.05, 4.69) is 5.73 Å². The molecule has 0 saturated heterocycles. The molecule has 0 bridgehead atoms. The molecule has 0 aliphatic rings. The molecule has 0 saturated carbocycles. The Morgan fingerprint density at radius 3 is 2.81 bits per heavy atom. The maximum atomic E-state index is 11.0. The van der Waals surface area contributed by atoms with Crippen molar-refractivity contribution >= 4 is 12.0 Å². The molecule has 2 heteroatoms. The largest absolute Gasteiger partial charge is 0.461 e. The van der Waals surface area contributed by atoms with E-state index in [1.807, 2.05) is 43.3 Å². The highest BCUT2D eigenvalue weighted by Crippen LogP contribution is 1.99. The molecule has 1 aromatic carbocycles. The van der Waals surface area contributed by atoms with E-state index in [9.17, 15) is 4.79 Å². The van der Waals surface area contributed by atoms with Crippen LogP contribution in [0.1, 0.15) is 25.3 Å². The van der Waals surface area contributed by atoms with Crippen LogP contribution in [0.15, 0.2) is 42.1 Å². The Morgan fingerprint density at radius 2 is 2.12 bits per heavy atom. The number of esters is 1. The maximum absolute atomic E-state index is 11.0. The summed E-state index contributed by atoms with van der Waals surface area (Å²) in [4.78, 5) is 11.0. The van der Waals surface area contributed by atoms with Gasteiger partial charge in [0.05, 0.1) is 0 Å². The highest BCUT2D eigenvalue weighted by atomic mass is 16.5. The van der Waals surface area contributed by atoms with Crippen LogP contribution < -0.4 is 0 Å². The van der Waals surface area contributed by atoms with Gasteiger partial charge in [0, 0.05) is 6.42 Å². The first-order valence-electron chi connectivity index (χ1n) is 5.44. The van der Waals surface area contributed by atoms with Crippen molar-refractivity contribution < 1.29 is 9.53 Å². The highest BCUT2D eigenvalue weighted by Gasteiger charge is 1.96. The molecular formula is C14H16O2. The summed E-state index contributed by atoms with van der Waals surface area (Å²) in [5.74, 6) is -0.153. The molecule has 16 heavy (non-hydrogen) atoms. The lowest BCUT2D eigenvalue weighted by atomic mass is 10.2. The molecule has 84 valence electrons. The first-order chi connectivity index (χ1) is 7.83. The lowest BCUT2D eigenvalue weighted by Gasteiger charge is -1.97. The van der Waals surface area contributed by atoms with E-state index in [-0.39, 0.29) is 5.97 Å². The van der Waals surface area contributed by atoms with Crippen LogP contribution in [-0.2, 0) is 9.53 Å². The fourth-order valence-electron chi connectivity index (χ4n) is 1.16. The van der Waals surface area contributed by atoms with Gasteiger partial charge < -0.3 is 4.74 Å². The van der Waals surface area contributed by atoms with E-state index in [4.69, 9.17) is 4.74 Å². The lowest BCUT2D eigenvalue weighted by molar-refractivity contribution is -0.142. The van der Waals surface area contributed by atoms with Crippen molar-refractivity contribution in [1.29, 1.82) is 0 Å². The Balaban J connectivity index is 2.32. The van der Waals surface area contributed by atoms with Gasteiger partial charge >= 0.3 is 5.97 Å². The number of hydrogen-bond donors (Lipinski definition) is 0. The summed E-state index contributed by atoms with van der Waals surface area (Å²) in [6.07, 6.45) is 4.87. The zero-order valence-electron chi connectivity index (χ0n) is 9.48.